The van der Waals surface area contributed by atoms with Crippen LogP contribution in [0.25, 0.3) is 0 Å². The fourth-order valence-corrected chi connectivity index (χ4v) is 4.43. The van der Waals surface area contributed by atoms with Crippen molar-refractivity contribution in [3.63, 3.8) is 0 Å². The number of hydrogen-bond acceptors (Lipinski definition) is 5. The van der Waals surface area contributed by atoms with Gasteiger partial charge in [-0.25, -0.2) is 22.4 Å². The minimum Gasteiger partial charge on any atom is -0.463 e. The molecule has 2 N–H and O–H groups in total. The van der Waals surface area contributed by atoms with Gasteiger partial charge in [0.1, 0.15) is 5.82 Å². The minimum absolute atomic E-state index is 0.0428. The number of nitrogens with one attached hydrogen (secondary N) is 2. The predicted octanol–water partition coefficient (Wildman–Crippen LogP) is 2.78. The molecule has 0 unspecified atom stereocenters. The Morgan fingerprint density at radius 3 is 2.33 bits per heavy atom. The molecule has 1 aliphatic rings. The first kappa shape index (κ1) is 21.5. The molecular weight excluding hydrogens is 411 g/mol. The Balaban J connectivity index is 2.08. The van der Waals surface area contributed by atoms with Gasteiger partial charge in [0.15, 0.2) is 9.84 Å². The van der Waals surface area contributed by atoms with Crippen LogP contribution in [-0.2, 0) is 19.4 Å². The van der Waals surface area contributed by atoms with Gasteiger partial charge in [-0.2, -0.15) is 0 Å². The van der Waals surface area contributed by atoms with Crippen LogP contribution in [0.15, 0.2) is 64.7 Å². The van der Waals surface area contributed by atoms with Crippen molar-refractivity contribution in [3.05, 3.63) is 76.7 Å². The second-order valence-electron chi connectivity index (χ2n) is 6.77. The lowest BCUT2D eigenvalue weighted by Gasteiger charge is -2.29. The van der Waals surface area contributed by atoms with Crippen LogP contribution in [0.4, 0.5) is 9.18 Å². The molecule has 3 rings (SSSR count). The molecule has 1 aliphatic heterocycles. The van der Waals surface area contributed by atoms with Crippen LogP contribution in [-0.4, -0.2) is 32.8 Å². The van der Waals surface area contributed by atoms with Gasteiger partial charge in [0, 0.05) is 5.70 Å². The van der Waals surface area contributed by atoms with Crippen molar-refractivity contribution in [2.75, 3.05) is 12.4 Å². The molecule has 0 saturated heterocycles. The van der Waals surface area contributed by atoms with Gasteiger partial charge in [0.05, 0.1) is 28.9 Å². The lowest BCUT2D eigenvalue weighted by Crippen LogP contribution is -2.47. The standard InChI is InChI=1S/C21H21FN2O5S/c1-3-29-20(25)18-17(12-30(27,28)16-10-4-13(2)5-11-16)23-21(26)24-19(18)14-6-8-15(22)9-7-14/h4-11,19H,3,12H2,1-2H3,(H2,23,24,26)/t19-/m0/s1. The summed E-state index contributed by atoms with van der Waals surface area (Å²) < 4.78 is 44.3. The minimum atomic E-state index is -3.86. The van der Waals surface area contributed by atoms with Crippen molar-refractivity contribution in [1.29, 1.82) is 0 Å². The fraction of sp³-hybridized carbons (Fsp3) is 0.238. The second-order valence-corrected chi connectivity index (χ2v) is 8.76. The van der Waals surface area contributed by atoms with E-state index in [1.807, 2.05) is 6.92 Å². The molecule has 30 heavy (non-hydrogen) atoms. The van der Waals surface area contributed by atoms with Gasteiger partial charge in [-0.1, -0.05) is 29.8 Å². The van der Waals surface area contributed by atoms with Crippen LogP contribution in [0.5, 0.6) is 0 Å². The topological polar surface area (TPSA) is 102 Å². The Bertz CT molecular complexity index is 1090. The number of aryl methyl sites for hydroxylation is 1. The van der Waals surface area contributed by atoms with Crippen LogP contribution < -0.4 is 10.6 Å². The molecule has 2 aromatic rings. The molecule has 0 aliphatic carbocycles. The summed E-state index contributed by atoms with van der Waals surface area (Å²) in [5.41, 5.74) is 1.19. The lowest BCUT2D eigenvalue weighted by atomic mass is 9.95. The van der Waals surface area contributed by atoms with Crippen molar-refractivity contribution < 1.29 is 27.1 Å². The number of sulfone groups is 1. The van der Waals surface area contributed by atoms with E-state index in [4.69, 9.17) is 4.74 Å². The van der Waals surface area contributed by atoms with Gasteiger partial charge in [-0.15, -0.1) is 0 Å². The maximum atomic E-state index is 13.3. The number of urea groups is 1. The zero-order valence-corrected chi connectivity index (χ0v) is 17.3. The van der Waals surface area contributed by atoms with Crippen LogP contribution in [0.2, 0.25) is 0 Å². The van der Waals surface area contributed by atoms with Crippen LogP contribution in [0.1, 0.15) is 24.1 Å². The maximum absolute atomic E-state index is 13.3. The highest BCUT2D eigenvalue weighted by Gasteiger charge is 2.35. The average Bonchev–Trinajstić information content (AvgIpc) is 2.68. The van der Waals surface area contributed by atoms with Crippen molar-refractivity contribution >= 4 is 21.8 Å². The van der Waals surface area contributed by atoms with Crippen molar-refractivity contribution in [2.45, 2.75) is 24.8 Å². The SMILES string of the molecule is CCOC(=O)C1=C(CS(=O)(=O)c2ccc(C)cc2)NC(=O)N[C@H]1c1ccc(F)cc1. The summed E-state index contributed by atoms with van der Waals surface area (Å²) in [7, 11) is -3.86. The molecule has 0 fully saturated rings. The Hall–Kier alpha value is -3.20. The number of esters is 1. The first-order valence-electron chi connectivity index (χ1n) is 9.24. The van der Waals surface area contributed by atoms with Gasteiger partial charge < -0.3 is 15.4 Å². The number of halogens is 1. The van der Waals surface area contributed by atoms with Crippen LogP contribution in [0, 0.1) is 12.7 Å². The number of rotatable bonds is 6. The Morgan fingerprint density at radius 1 is 1.10 bits per heavy atom. The van der Waals surface area contributed by atoms with E-state index in [0.717, 1.165) is 5.56 Å². The van der Waals surface area contributed by atoms with Crippen LogP contribution >= 0.6 is 0 Å². The highest BCUT2D eigenvalue weighted by molar-refractivity contribution is 7.91. The Kier molecular flexibility index (Phi) is 6.21. The summed E-state index contributed by atoms with van der Waals surface area (Å²) in [5, 5.41) is 5.01. The fourth-order valence-electron chi connectivity index (χ4n) is 3.11. The van der Waals surface area contributed by atoms with Gasteiger partial charge in [0.2, 0.25) is 0 Å². The van der Waals surface area contributed by atoms with Gasteiger partial charge in [0.25, 0.3) is 0 Å². The molecule has 0 spiro atoms. The van der Waals surface area contributed by atoms with Crippen molar-refractivity contribution in [3.8, 4) is 0 Å². The second kappa shape index (κ2) is 8.66. The average molecular weight is 432 g/mol. The molecule has 0 radical (unpaired) electrons. The van der Waals surface area contributed by atoms with Gasteiger partial charge >= 0.3 is 12.0 Å². The number of benzene rings is 2. The van der Waals surface area contributed by atoms with E-state index in [2.05, 4.69) is 10.6 Å². The monoisotopic (exact) mass is 432 g/mol. The van der Waals surface area contributed by atoms with E-state index in [1.165, 1.54) is 36.4 Å². The molecule has 158 valence electrons. The third-order valence-electron chi connectivity index (χ3n) is 4.57. The molecule has 0 aromatic heterocycles. The number of carbonyl (C=O) groups is 2. The molecule has 7 nitrogen and oxygen atoms in total. The summed E-state index contributed by atoms with van der Waals surface area (Å²) in [6.45, 7) is 3.51. The van der Waals surface area contributed by atoms with Gasteiger partial charge in [-0.05, 0) is 43.7 Å². The third kappa shape index (κ3) is 4.68. The normalized spacial score (nSPS) is 16.6. The van der Waals surface area contributed by atoms with Crippen molar-refractivity contribution in [2.24, 2.45) is 0 Å². The van der Waals surface area contributed by atoms with E-state index in [1.54, 1.807) is 19.1 Å². The van der Waals surface area contributed by atoms with E-state index in [9.17, 15) is 22.4 Å². The largest absolute Gasteiger partial charge is 0.463 e. The quantitative estimate of drug-likeness (QED) is 0.684. The molecule has 2 aromatic carbocycles. The molecule has 9 heteroatoms. The van der Waals surface area contributed by atoms with E-state index < -0.39 is 39.4 Å². The molecule has 2 amide bonds. The van der Waals surface area contributed by atoms with Crippen molar-refractivity contribution in [1.82, 2.24) is 10.6 Å². The number of ether oxygens (including phenoxy) is 1. The summed E-state index contributed by atoms with van der Waals surface area (Å²) >= 11 is 0. The zero-order chi connectivity index (χ0) is 21.9. The van der Waals surface area contributed by atoms with E-state index >= 15 is 0 Å². The maximum Gasteiger partial charge on any atom is 0.338 e. The van der Waals surface area contributed by atoms with Crippen LogP contribution in [0.3, 0.4) is 0 Å². The number of hydrogen-bond donors (Lipinski definition) is 2. The molecule has 1 heterocycles. The summed E-state index contributed by atoms with van der Waals surface area (Å²) in [5.74, 6) is -1.86. The highest BCUT2D eigenvalue weighted by atomic mass is 32.2. The summed E-state index contributed by atoms with van der Waals surface area (Å²) in [6, 6.07) is 9.81. The van der Waals surface area contributed by atoms with E-state index in [-0.39, 0.29) is 22.8 Å². The number of carbonyl (C=O) groups excluding carboxylic acids is 2. The Labute approximate surface area is 173 Å². The Morgan fingerprint density at radius 2 is 1.73 bits per heavy atom. The summed E-state index contributed by atoms with van der Waals surface area (Å²) in [4.78, 5) is 25.0. The summed E-state index contributed by atoms with van der Waals surface area (Å²) in [6.07, 6.45) is 0. The lowest BCUT2D eigenvalue weighted by molar-refractivity contribution is -0.139. The first-order chi connectivity index (χ1) is 14.2. The predicted molar refractivity (Wildman–Crippen MR) is 108 cm³/mol. The highest BCUT2D eigenvalue weighted by Crippen LogP contribution is 2.29. The van der Waals surface area contributed by atoms with E-state index in [0.29, 0.717) is 5.56 Å². The smallest absolute Gasteiger partial charge is 0.338 e. The zero-order valence-electron chi connectivity index (χ0n) is 16.4. The first-order valence-corrected chi connectivity index (χ1v) is 10.9. The number of amides is 2. The third-order valence-corrected chi connectivity index (χ3v) is 6.23. The molecular formula is C21H21FN2O5S. The molecule has 0 bridgehead atoms. The molecule has 0 saturated carbocycles. The molecule has 1 atom stereocenters. The van der Waals surface area contributed by atoms with Gasteiger partial charge in [-0.3, -0.25) is 0 Å².